The molecule has 0 aliphatic carbocycles. The Bertz CT molecular complexity index is 1100. The number of nitrogens with zero attached hydrogens (tertiary/aromatic N) is 2. The first-order chi connectivity index (χ1) is 15.5. The van der Waals surface area contributed by atoms with Gasteiger partial charge < -0.3 is 19.1 Å². The molecule has 0 spiro atoms. The summed E-state index contributed by atoms with van der Waals surface area (Å²) < 4.78 is 16.7. The van der Waals surface area contributed by atoms with Crippen LogP contribution >= 0.6 is 0 Å². The van der Waals surface area contributed by atoms with Crippen LogP contribution in [0.2, 0.25) is 0 Å². The Balaban J connectivity index is 1.83. The molecule has 1 atom stereocenters. The number of nitrogens with one attached hydrogen (secondary N) is 1. The average Bonchev–Trinajstić information content (AvgIpc) is 3.36. The minimum atomic E-state index is -0.289. The molecule has 1 amide bonds. The van der Waals surface area contributed by atoms with Gasteiger partial charge in [0.15, 0.2) is 11.5 Å². The summed E-state index contributed by atoms with van der Waals surface area (Å²) in [5, 5.41) is 7.50. The summed E-state index contributed by atoms with van der Waals surface area (Å²) in [4.78, 5) is 15.2. The largest absolute Gasteiger partial charge is 0.497 e. The Morgan fingerprint density at radius 3 is 2.44 bits per heavy atom. The number of aromatic nitrogens is 2. The van der Waals surface area contributed by atoms with E-state index < -0.39 is 0 Å². The van der Waals surface area contributed by atoms with E-state index in [-0.39, 0.29) is 18.0 Å². The lowest BCUT2D eigenvalue weighted by molar-refractivity contribution is 0.0687. The summed E-state index contributed by atoms with van der Waals surface area (Å²) in [6, 6.07) is 13.3. The van der Waals surface area contributed by atoms with Crippen LogP contribution < -0.4 is 14.2 Å². The number of carbonyl (C=O) groups excluding carboxylic acids is 1. The van der Waals surface area contributed by atoms with E-state index in [1.165, 1.54) is 0 Å². The fourth-order valence-electron chi connectivity index (χ4n) is 4.18. The van der Waals surface area contributed by atoms with Gasteiger partial charge in [0.25, 0.3) is 5.91 Å². The lowest BCUT2D eigenvalue weighted by atomic mass is 9.95. The van der Waals surface area contributed by atoms with Crippen LogP contribution in [0.15, 0.2) is 42.5 Å². The van der Waals surface area contributed by atoms with Crippen molar-refractivity contribution in [2.75, 3.05) is 20.8 Å². The third kappa shape index (κ3) is 3.68. The van der Waals surface area contributed by atoms with Gasteiger partial charge in [0.1, 0.15) is 11.4 Å². The quantitative estimate of drug-likeness (QED) is 0.548. The molecule has 2 heterocycles. The zero-order valence-electron chi connectivity index (χ0n) is 19.1. The van der Waals surface area contributed by atoms with Crippen LogP contribution in [0.4, 0.5) is 0 Å². The SMILES string of the molecule is CCCOc1ccc(C2c3c(-c4ccc(OC)cc4)n[nH]c3C(=O)N2C(C)C)cc1OC. The average molecular weight is 436 g/mol. The number of benzene rings is 2. The second-order valence-electron chi connectivity index (χ2n) is 8.06. The highest BCUT2D eigenvalue weighted by molar-refractivity contribution is 6.00. The zero-order valence-corrected chi connectivity index (χ0v) is 19.1. The maximum Gasteiger partial charge on any atom is 0.273 e. The van der Waals surface area contributed by atoms with Gasteiger partial charge in [0.05, 0.1) is 32.6 Å². The second kappa shape index (κ2) is 8.94. The van der Waals surface area contributed by atoms with Gasteiger partial charge in [-0.1, -0.05) is 13.0 Å². The molecule has 1 unspecified atom stereocenters. The molecule has 4 rings (SSSR count). The van der Waals surface area contributed by atoms with E-state index in [2.05, 4.69) is 17.1 Å². The number of hydrogen-bond acceptors (Lipinski definition) is 5. The van der Waals surface area contributed by atoms with E-state index in [1.54, 1.807) is 14.2 Å². The van der Waals surface area contributed by atoms with Gasteiger partial charge in [0.2, 0.25) is 0 Å². The molecule has 32 heavy (non-hydrogen) atoms. The zero-order chi connectivity index (χ0) is 22.8. The summed E-state index contributed by atoms with van der Waals surface area (Å²) in [5.74, 6) is 2.05. The van der Waals surface area contributed by atoms with Crippen molar-refractivity contribution < 1.29 is 19.0 Å². The third-order valence-corrected chi connectivity index (χ3v) is 5.69. The topological polar surface area (TPSA) is 76.7 Å². The summed E-state index contributed by atoms with van der Waals surface area (Å²) >= 11 is 0. The van der Waals surface area contributed by atoms with Crippen LogP contribution in [-0.4, -0.2) is 47.9 Å². The fourth-order valence-corrected chi connectivity index (χ4v) is 4.18. The standard InChI is InChI=1S/C25H29N3O4/c1-6-13-32-19-12-9-17(14-20(19)31-5)24-21-22(16-7-10-18(30-4)11-8-16)26-27-23(21)25(29)28(24)15(2)3/h7-12,14-15,24H,6,13H2,1-5H3,(H,26,27). The van der Waals surface area contributed by atoms with Gasteiger partial charge in [-0.05, 0) is 62.2 Å². The highest BCUT2D eigenvalue weighted by Gasteiger charge is 2.43. The Labute approximate surface area is 188 Å². The summed E-state index contributed by atoms with van der Waals surface area (Å²) in [7, 11) is 3.27. The Hall–Kier alpha value is -3.48. The van der Waals surface area contributed by atoms with Gasteiger partial charge in [-0.25, -0.2) is 0 Å². The molecule has 1 aliphatic rings. The smallest absolute Gasteiger partial charge is 0.273 e. The first-order valence-corrected chi connectivity index (χ1v) is 10.9. The molecule has 2 aromatic carbocycles. The Morgan fingerprint density at radius 1 is 1.06 bits per heavy atom. The van der Waals surface area contributed by atoms with Crippen molar-refractivity contribution in [2.24, 2.45) is 0 Å². The van der Waals surface area contributed by atoms with Crippen molar-refractivity contribution in [3.8, 4) is 28.5 Å². The first kappa shape index (κ1) is 21.7. The molecule has 0 saturated heterocycles. The van der Waals surface area contributed by atoms with E-state index in [0.717, 1.165) is 34.6 Å². The van der Waals surface area contributed by atoms with Crippen molar-refractivity contribution in [3.63, 3.8) is 0 Å². The molecule has 1 aliphatic heterocycles. The van der Waals surface area contributed by atoms with Gasteiger partial charge in [-0.15, -0.1) is 0 Å². The normalized spacial score (nSPS) is 15.2. The number of ether oxygens (including phenoxy) is 3. The molecule has 3 aromatic rings. The van der Waals surface area contributed by atoms with Crippen LogP contribution in [-0.2, 0) is 0 Å². The van der Waals surface area contributed by atoms with Gasteiger partial charge in [0, 0.05) is 17.2 Å². The third-order valence-electron chi connectivity index (χ3n) is 5.69. The molecular weight excluding hydrogens is 406 g/mol. The molecular formula is C25H29N3O4. The van der Waals surface area contributed by atoms with Crippen molar-refractivity contribution in [1.82, 2.24) is 15.1 Å². The maximum absolute atomic E-state index is 13.3. The van der Waals surface area contributed by atoms with E-state index in [4.69, 9.17) is 14.2 Å². The van der Waals surface area contributed by atoms with E-state index in [9.17, 15) is 4.79 Å². The number of H-pyrrole nitrogens is 1. The Morgan fingerprint density at radius 2 is 1.81 bits per heavy atom. The van der Waals surface area contributed by atoms with Crippen LogP contribution in [0.5, 0.6) is 17.2 Å². The van der Waals surface area contributed by atoms with E-state index in [1.807, 2.05) is 61.2 Å². The highest BCUT2D eigenvalue weighted by Crippen LogP contribution is 2.45. The van der Waals surface area contributed by atoms with E-state index >= 15 is 0 Å². The number of fused-ring (bicyclic) bond motifs is 1. The molecule has 0 bridgehead atoms. The van der Waals surface area contributed by atoms with E-state index in [0.29, 0.717) is 23.8 Å². The number of rotatable bonds is 8. The second-order valence-corrected chi connectivity index (χ2v) is 8.06. The summed E-state index contributed by atoms with van der Waals surface area (Å²) in [6.07, 6.45) is 0.909. The lowest BCUT2D eigenvalue weighted by Crippen LogP contribution is -2.35. The molecule has 0 radical (unpaired) electrons. The summed E-state index contributed by atoms with van der Waals surface area (Å²) in [5.41, 5.74) is 4.02. The van der Waals surface area contributed by atoms with Crippen molar-refractivity contribution in [1.29, 1.82) is 0 Å². The molecule has 0 fully saturated rings. The fraction of sp³-hybridized carbons (Fsp3) is 0.360. The predicted octanol–water partition coefficient (Wildman–Crippen LogP) is 4.84. The number of hydrogen-bond donors (Lipinski definition) is 1. The molecule has 7 nitrogen and oxygen atoms in total. The number of aromatic amines is 1. The highest BCUT2D eigenvalue weighted by atomic mass is 16.5. The molecule has 1 N–H and O–H groups in total. The van der Waals surface area contributed by atoms with Crippen molar-refractivity contribution >= 4 is 5.91 Å². The minimum absolute atomic E-state index is 0.000898. The van der Waals surface area contributed by atoms with Crippen LogP contribution in [0.25, 0.3) is 11.3 Å². The van der Waals surface area contributed by atoms with Gasteiger partial charge in [-0.3, -0.25) is 9.89 Å². The van der Waals surface area contributed by atoms with Gasteiger partial charge in [-0.2, -0.15) is 5.10 Å². The minimum Gasteiger partial charge on any atom is -0.497 e. The lowest BCUT2D eigenvalue weighted by Gasteiger charge is -2.30. The molecule has 7 heteroatoms. The molecule has 1 aromatic heterocycles. The van der Waals surface area contributed by atoms with Crippen LogP contribution in [0.3, 0.4) is 0 Å². The number of methoxy groups -OCH3 is 2. The predicted molar refractivity (Wildman–Crippen MR) is 123 cm³/mol. The van der Waals surface area contributed by atoms with Crippen molar-refractivity contribution in [3.05, 3.63) is 59.3 Å². The van der Waals surface area contributed by atoms with Gasteiger partial charge >= 0.3 is 0 Å². The number of carbonyl (C=O) groups is 1. The molecule has 0 saturated carbocycles. The molecule has 168 valence electrons. The maximum atomic E-state index is 13.3. The summed E-state index contributed by atoms with van der Waals surface area (Å²) in [6.45, 7) is 6.72. The Kier molecular flexibility index (Phi) is 6.08. The monoisotopic (exact) mass is 435 g/mol. The van der Waals surface area contributed by atoms with Crippen LogP contribution in [0.1, 0.15) is 54.8 Å². The van der Waals surface area contributed by atoms with Crippen molar-refractivity contribution in [2.45, 2.75) is 39.3 Å². The first-order valence-electron chi connectivity index (χ1n) is 10.9. The number of amides is 1. The van der Waals surface area contributed by atoms with Crippen LogP contribution in [0, 0.1) is 0 Å².